The molecule has 138 valence electrons. The van der Waals surface area contributed by atoms with E-state index in [1.165, 1.54) is 32.2 Å². The molecule has 1 aromatic rings. The molecule has 0 aromatic heterocycles. The molecule has 0 heterocycles. The minimum Gasteiger partial charge on any atom is -0.467 e. The van der Waals surface area contributed by atoms with Crippen molar-refractivity contribution in [1.29, 1.82) is 0 Å². The molecule has 0 saturated heterocycles. The first kappa shape index (κ1) is 20.6. The summed E-state index contributed by atoms with van der Waals surface area (Å²) < 4.78 is 18.1. The van der Waals surface area contributed by atoms with Gasteiger partial charge in [0.25, 0.3) is 0 Å². The highest BCUT2D eigenvalue weighted by Crippen LogP contribution is 2.11. The smallest absolute Gasteiger partial charge is 0.328 e. The average Bonchev–Trinajstić information content (AvgIpc) is 2.57. The Bertz CT molecular complexity index is 621. The zero-order valence-corrected chi connectivity index (χ0v) is 15.0. The average molecular weight is 352 g/mol. The van der Waals surface area contributed by atoms with Crippen LogP contribution in [0.1, 0.15) is 32.8 Å². The minimum absolute atomic E-state index is 0.109. The molecule has 6 nitrogen and oxygen atoms in total. The maximum absolute atomic E-state index is 13.3. The van der Waals surface area contributed by atoms with Crippen LogP contribution in [0.25, 0.3) is 0 Å². The van der Waals surface area contributed by atoms with E-state index in [4.69, 9.17) is 4.74 Å². The number of methoxy groups -OCH3 is 1. The summed E-state index contributed by atoms with van der Waals surface area (Å²) >= 11 is 0. The first-order valence-electron chi connectivity index (χ1n) is 8.18. The normalized spacial score (nSPS) is 14.1. The van der Waals surface area contributed by atoms with Crippen LogP contribution < -0.4 is 10.6 Å². The lowest BCUT2D eigenvalue weighted by atomic mass is 9.98. The SMILES string of the molecule is CC[C@H](C)[C@@H](NC(=O)[C@H](Cc1cccc(F)c1)NC(C)=O)C(=O)OC. The second-order valence-corrected chi connectivity index (χ2v) is 5.98. The van der Waals surface area contributed by atoms with Crippen molar-refractivity contribution in [2.45, 2.75) is 45.7 Å². The predicted molar refractivity (Wildman–Crippen MR) is 91.1 cm³/mol. The van der Waals surface area contributed by atoms with E-state index >= 15 is 0 Å². The first-order chi connectivity index (χ1) is 11.8. The number of nitrogens with one attached hydrogen (secondary N) is 2. The molecule has 0 radical (unpaired) electrons. The summed E-state index contributed by atoms with van der Waals surface area (Å²) in [6, 6.07) is 4.06. The van der Waals surface area contributed by atoms with Crippen molar-refractivity contribution in [2.75, 3.05) is 7.11 Å². The Morgan fingerprint density at radius 2 is 1.92 bits per heavy atom. The number of ether oxygens (including phenoxy) is 1. The number of carbonyl (C=O) groups is 3. The number of halogens is 1. The van der Waals surface area contributed by atoms with Gasteiger partial charge >= 0.3 is 5.97 Å². The highest BCUT2D eigenvalue weighted by molar-refractivity contribution is 5.90. The number of rotatable bonds is 8. The number of amides is 2. The number of hydrogen-bond donors (Lipinski definition) is 2. The fraction of sp³-hybridized carbons (Fsp3) is 0.500. The van der Waals surface area contributed by atoms with Crippen molar-refractivity contribution in [3.8, 4) is 0 Å². The van der Waals surface area contributed by atoms with E-state index in [2.05, 4.69) is 10.6 Å². The van der Waals surface area contributed by atoms with Gasteiger partial charge in [0, 0.05) is 13.3 Å². The molecule has 0 saturated carbocycles. The number of hydrogen-bond acceptors (Lipinski definition) is 4. The van der Waals surface area contributed by atoms with Crippen molar-refractivity contribution in [2.24, 2.45) is 5.92 Å². The standard InChI is InChI=1S/C18H25FN2O4/c1-5-11(2)16(18(24)25-4)21-17(23)15(20-12(3)22)10-13-7-6-8-14(19)9-13/h6-9,11,15-16H,5,10H2,1-4H3,(H,20,22)(H,21,23)/t11-,15-,16+/m0/s1. The van der Waals surface area contributed by atoms with E-state index in [0.717, 1.165) is 0 Å². The van der Waals surface area contributed by atoms with E-state index in [9.17, 15) is 18.8 Å². The van der Waals surface area contributed by atoms with Crippen LogP contribution >= 0.6 is 0 Å². The summed E-state index contributed by atoms with van der Waals surface area (Å²) in [4.78, 5) is 35.9. The topological polar surface area (TPSA) is 84.5 Å². The van der Waals surface area contributed by atoms with Crippen LogP contribution in [0.15, 0.2) is 24.3 Å². The van der Waals surface area contributed by atoms with Crippen LogP contribution in [0.5, 0.6) is 0 Å². The van der Waals surface area contributed by atoms with Gasteiger partial charge in [-0.05, 0) is 23.6 Å². The molecule has 3 atom stereocenters. The highest BCUT2D eigenvalue weighted by atomic mass is 19.1. The third kappa shape index (κ3) is 6.52. The van der Waals surface area contributed by atoms with Crippen LogP contribution in [0.4, 0.5) is 4.39 Å². The molecule has 0 aliphatic carbocycles. The number of carbonyl (C=O) groups excluding carboxylic acids is 3. The van der Waals surface area contributed by atoms with Crippen molar-refractivity contribution in [1.82, 2.24) is 10.6 Å². The molecule has 0 aliphatic rings. The molecule has 1 aromatic carbocycles. The summed E-state index contributed by atoms with van der Waals surface area (Å²) in [5, 5.41) is 5.18. The van der Waals surface area contributed by atoms with Gasteiger partial charge in [0.05, 0.1) is 7.11 Å². The Morgan fingerprint density at radius 3 is 2.44 bits per heavy atom. The summed E-state index contributed by atoms with van der Waals surface area (Å²) in [6.07, 6.45) is 0.770. The van der Waals surface area contributed by atoms with Crippen LogP contribution in [0.3, 0.4) is 0 Å². The van der Waals surface area contributed by atoms with Gasteiger partial charge in [-0.1, -0.05) is 32.4 Å². The van der Waals surface area contributed by atoms with Crippen molar-refractivity contribution in [3.05, 3.63) is 35.6 Å². The van der Waals surface area contributed by atoms with Gasteiger partial charge in [0.2, 0.25) is 11.8 Å². The molecular formula is C18H25FN2O4. The summed E-state index contributed by atoms with van der Waals surface area (Å²) in [5.74, 6) is -2.02. The van der Waals surface area contributed by atoms with Crippen LogP contribution in [0, 0.1) is 11.7 Å². The molecular weight excluding hydrogens is 327 g/mol. The van der Waals surface area contributed by atoms with E-state index in [1.807, 2.05) is 13.8 Å². The lowest BCUT2D eigenvalue weighted by Crippen LogP contribution is -2.54. The van der Waals surface area contributed by atoms with Crippen LogP contribution in [-0.2, 0) is 25.5 Å². The van der Waals surface area contributed by atoms with Gasteiger partial charge in [-0.15, -0.1) is 0 Å². The van der Waals surface area contributed by atoms with Crippen LogP contribution in [-0.4, -0.2) is 37.0 Å². The molecule has 2 N–H and O–H groups in total. The molecule has 25 heavy (non-hydrogen) atoms. The van der Waals surface area contributed by atoms with Gasteiger partial charge < -0.3 is 15.4 Å². The predicted octanol–water partition coefficient (Wildman–Crippen LogP) is 1.58. The molecule has 1 rings (SSSR count). The zero-order chi connectivity index (χ0) is 19.0. The quantitative estimate of drug-likeness (QED) is 0.696. The monoisotopic (exact) mass is 352 g/mol. The van der Waals surface area contributed by atoms with E-state index in [-0.39, 0.29) is 12.3 Å². The molecule has 0 aliphatic heterocycles. The molecule has 2 amide bonds. The van der Waals surface area contributed by atoms with Gasteiger partial charge in [0.15, 0.2) is 0 Å². The second kappa shape index (κ2) is 9.76. The molecule has 7 heteroatoms. The Labute approximate surface area is 147 Å². The Kier molecular flexibility index (Phi) is 8.04. The minimum atomic E-state index is -0.921. The Morgan fingerprint density at radius 1 is 1.24 bits per heavy atom. The molecule has 0 spiro atoms. The summed E-state index contributed by atoms with van der Waals surface area (Å²) in [7, 11) is 1.25. The van der Waals surface area contributed by atoms with Gasteiger partial charge in [0.1, 0.15) is 17.9 Å². The van der Waals surface area contributed by atoms with Gasteiger partial charge in [-0.2, -0.15) is 0 Å². The maximum atomic E-state index is 13.3. The third-order valence-electron chi connectivity index (χ3n) is 3.99. The Balaban J connectivity index is 2.94. The fourth-order valence-corrected chi connectivity index (χ4v) is 2.40. The van der Waals surface area contributed by atoms with Crippen LogP contribution in [0.2, 0.25) is 0 Å². The second-order valence-electron chi connectivity index (χ2n) is 5.98. The van der Waals surface area contributed by atoms with E-state index < -0.39 is 35.7 Å². The van der Waals surface area contributed by atoms with Gasteiger partial charge in [-0.25, -0.2) is 9.18 Å². The van der Waals surface area contributed by atoms with Gasteiger partial charge in [-0.3, -0.25) is 9.59 Å². The molecule has 0 bridgehead atoms. The maximum Gasteiger partial charge on any atom is 0.328 e. The zero-order valence-electron chi connectivity index (χ0n) is 15.0. The van der Waals surface area contributed by atoms with E-state index in [1.54, 1.807) is 6.07 Å². The van der Waals surface area contributed by atoms with Crippen molar-refractivity contribution in [3.63, 3.8) is 0 Å². The summed E-state index contributed by atoms with van der Waals surface area (Å²) in [6.45, 7) is 5.00. The Hall–Kier alpha value is -2.44. The largest absolute Gasteiger partial charge is 0.467 e. The van der Waals surface area contributed by atoms with Crippen molar-refractivity contribution >= 4 is 17.8 Å². The first-order valence-corrected chi connectivity index (χ1v) is 8.18. The van der Waals surface area contributed by atoms with Crippen molar-refractivity contribution < 1.29 is 23.5 Å². The van der Waals surface area contributed by atoms with E-state index in [0.29, 0.717) is 12.0 Å². The molecule has 0 fully saturated rings. The number of benzene rings is 1. The molecule has 0 unspecified atom stereocenters. The number of esters is 1. The highest BCUT2D eigenvalue weighted by Gasteiger charge is 2.30. The lowest BCUT2D eigenvalue weighted by Gasteiger charge is -2.25. The summed E-state index contributed by atoms with van der Waals surface area (Å²) in [5.41, 5.74) is 0.562. The third-order valence-corrected chi connectivity index (χ3v) is 3.99. The lowest BCUT2D eigenvalue weighted by molar-refractivity contribution is -0.146. The fourth-order valence-electron chi connectivity index (χ4n) is 2.40.